The van der Waals surface area contributed by atoms with Crippen LogP contribution in [0.1, 0.15) is 41.2 Å². The highest BCUT2D eigenvalue weighted by Gasteiger charge is 2.25. The molecule has 1 fully saturated rings. The Morgan fingerprint density at radius 1 is 1.20 bits per heavy atom. The molecule has 1 aliphatic rings. The lowest BCUT2D eigenvalue weighted by Gasteiger charge is -2.19. The summed E-state index contributed by atoms with van der Waals surface area (Å²) in [6.45, 7) is 0.641. The Morgan fingerprint density at radius 2 is 2.00 bits per heavy atom. The third-order valence-corrected chi connectivity index (χ3v) is 5.38. The van der Waals surface area contributed by atoms with Crippen LogP contribution in [0.25, 0.3) is 5.69 Å². The molecule has 156 valence electrons. The van der Waals surface area contributed by atoms with Crippen LogP contribution in [0.5, 0.6) is 0 Å². The molecule has 1 saturated heterocycles. The second-order valence-corrected chi connectivity index (χ2v) is 7.47. The summed E-state index contributed by atoms with van der Waals surface area (Å²) in [5.41, 5.74) is 8.87. The van der Waals surface area contributed by atoms with Gasteiger partial charge in [-0.25, -0.2) is 4.39 Å². The van der Waals surface area contributed by atoms with E-state index in [1.165, 1.54) is 23.1 Å². The van der Waals surface area contributed by atoms with Gasteiger partial charge in [-0.15, -0.1) is 5.10 Å². The Kier molecular flexibility index (Phi) is 6.10. The molecule has 2 aromatic carbocycles. The van der Waals surface area contributed by atoms with Crippen LogP contribution in [0.4, 0.5) is 4.39 Å². The summed E-state index contributed by atoms with van der Waals surface area (Å²) >= 11 is 0. The molecule has 0 saturated carbocycles. The summed E-state index contributed by atoms with van der Waals surface area (Å²) < 4.78 is 14.6. The van der Waals surface area contributed by atoms with Gasteiger partial charge in [-0.05, 0) is 59.5 Å². The number of carbonyl (C=O) groups is 1. The van der Waals surface area contributed by atoms with E-state index in [4.69, 9.17) is 0 Å². The van der Waals surface area contributed by atoms with Gasteiger partial charge in [-0.1, -0.05) is 24.3 Å². The van der Waals surface area contributed by atoms with E-state index in [1.54, 1.807) is 18.0 Å². The molecule has 8 nitrogen and oxygen atoms in total. The lowest BCUT2D eigenvalue weighted by Crippen LogP contribution is -2.32. The number of tetrazole rings is 1. The van der Waals surface area contributed by atoms with E-state index in [-0.39, 0.29) is 17.8 Å². The molecule has 0 aliphatic carbocycles. The minimum Gasteiger partial charge on any atom is -0.342 e. The molecule has 9 heteroatoms. The molecule has 3 aromatic rings. The van der Waals surface area contributed by atoms with Gasteiger partial charge < -0.3 is 4.90 Å². The predicted octanol–water partition coefficient (Wildman–Crippen LogP) is 2.26. The van der Waals surface area contributed by atoms with E-state index in [1.807, 2.05) is 30.3 Å². The first-order chi connectivity index (χ1) is 14.6. The van der Waals surface area contributed by atoms with Crippen LogP contribution in [0.2, 0.25) is 0 Å². The fraction of sp³-hybridized carbons (Fsp3) is 0.333. The van der Waals surface area contributed by atoms with Gasteiger partial charge in [0.25, 0.3) is 5.91 Å². The van der Waals surface area contributed by atoms with Gasteiger partial charge in [-0.2, -0.15) is 4.68 Å². The highest BCUT2D eigenvalue weighted by atomic mass is 19.1. The maximum Gasteiger partial charge on any atom is 0.255 e. The molecule has 0 spiro atoms. The van der Waals surface area contributed by atoms with Crippen LogP contribution in [-0.4, -0.2) is 50.6 Å². The van der Waals surface area contributed by atoms with Gasteiger partial charge in [0, 0.05) is 25.7 Å². The number of nitrogens with zero attached hydrogens (tertiary/aromatic N) is 5. The van der Waals surface area contributed by atoms with E-state index < -0.39 is 0 Å². The van der Waals surface area contributed by atoms with Gasteiger partial charge >= 0.3 is 0 Å². The third-order valence-electron chi connectivity index (χ3n) is 5.38. The highest BCUT2D eigenvalue weighted by Crippen LogP contribution is 2.24. The Labute approximate surface area is 174 Å². The Hall–Kier alpha value is -3.17. The first-order valence-corrected chi connectivity index (χ1v) is 9.96. The van der Waals surface area contributed by atoms with Gasteiger partial charge in [0.2, 0.25) is 0 Å². The monoisotopic (exact) mass is 409 g/mol. The lowest BCUT2D eigenvalue weighted by atomic mass is 9.99. The molecular formula is C21H24FN7O. The molecule has 2 unspecified atom stereocenters. The molecule has 0 bridgehead atoms. The number of carbonyl (C=O) groups excluding carboxylic acids is 1. The second-order valence-electron chi connectivity index (χ2n) is 7.47. The predicted molar refractivity (Wildman–Crippen MR) is 109 cm³/mol. The normalized spacial score (nSPS) is 18.5. The minimum absolute atomic E-state index is 0.0669. The SMILES string of the molecule is CN(CCCC1CC(c2ccc(F)cc2)NN1)C(=O)c1ccccc1-n1cnnn1. The van der Waals surface area contributed by atoms with Crippen LogP contribution in [0.15, 0.2) is 54.9 Å². The number of amides is 1. The Morgan fingerprint density at radius 3 is 2.77 bits per heavy atom. The van der Waals surface area contributed by atoms with Gasteiger partial charge in [-0.3, -0.25) is 15.6 Å². The van der Waals surface area contributed by atoms with Crippen LogP contribution in [0.3, 0.4) is 0 Å². The van der Waals surface area contributed by atoms with Crippen molar-refractivity contribution in [1.82, 2.24) is 36.0 Å². The number of hydrogen-bond donors (Lipinski definition) is 2. The summed E-state index contributed by atoms with van der Waals surface area (Å²) in [6.07, 6.45) is 4.19. The van der Waals surface area contributed by atoms with Crippen molar-refractivity contribution >= 4 is 5.91 Å². The third kappa shape index (κ3) is 4.52. The molecule has 2 N–H and O–H groups in total. The topological polar surface area (TPSA) is 88.0 Å². The van der Waals surface area contributed by atoms with Gasteiger partial charge in [0.1, 0.15) is 12.1 Å². The van der Waals surface area contributed by atoms with E-state index >= 15 is 0 Å². The smallest absolute Gasteiger partial charge is 0.255 e. The number of hydrogen-bond acceptors (Lipinski definition) is 6. The van der Waals surface area contributed by atoms with Crippen molar-refractivity contribution in [3.05, 3.63) is 71.8 Å². The summed E-state index contributed by atoms with van der Waals surface area (Å²) in [6, 6.07) is 14.3. The zero-order chi connectivity index (χ0) is 20.9. The van der Waals surface area contributed by atoms with Crippen molar-refractivity contribution in [2.24, 2.45) is 0 Å². The molecule has 1 amide bonds. The first kappa shape index (κ1) is 20.1. The van der Waals surface area contributed by atoms with Crippen LogP contribution < -0.4 is 10.9 Å². The number of halogens is 1. The molecule has 1 aliphatic heterocycles. The first-order valence-electron chi connectivity index (χ1n) is 9.96. The number of benzene rings is 2. The average molecular weight is 409 g/mol. The van der Waals surface area contributed by atoms with Crippen molar-refractivity contribution in [1.29, 1.82) is 0 Å². The van der Waals surface area contributed by atoms with Crippen LogP contribution >= 0.6 is 0 Å². The maximum atomic E-state index is 13.1. The van der Waals surface area contributed by atoms with Gasteiger partial charge in [0.05, 0.1) is 11.3 Å². The highest BCUT2D eigenvalue weighted by molar-refractivity contribution is 5.97. The summed E-state index contributed by atoms with van der Waals surface area (Å²) in [5, 5.41) is 11.2. The number of aromatic nitrogens is 4. The second kappa shape index (κ2) is 9.10. The summed E-state index contributed by atoms with van der Waals surface area (Å²) in [4.78, 5) is 14.7. The van der Waals surface area contributed by atoms with Crippen molar-refractivity contribution < 1.29 is 9.18 Å². The molecule has 2 heterocycles. The Bertz CT molecular complexity index is 977. The molecule has 2 atom stereocenters. The van der Waals surface area contributed by atoms with E-state index in [2.05, 4.69) is 26.4 Å². The Balaban J connectivity index is 1.29. The number of para-hydroxylation sites is 1. The van der Waals surface area contributed by atoms with Crippen LogP contribution in [-0.2, 0) is 0 Å². The van der Waals surface area contributed by atoms with Crippen molar-refractivity contribution in [2.75, 3.05) is 13.6 Å². The fourth-order valence-corrected chi connectivity index (χ4v) is 3.73. The molecule has 0 radical (unpaired) electrons. The summed E-state index contributed by atoms with van der Waals surface area (Å²) in [7, 11) is 1.81. The van der Waals surface area contributed by atoms with E-state index in [0.717, 1.165) is 24.8 Å². The van der Waals surface area contributed by atoms with Crippen molar-refractivity contribution in [2.45, 2.75) is 31.3 Å². The quantitative estimate of drug-likeness (QED) is 0.622. The van der Waals surface area contributed by atoms with Crippen LogP contribution in [0, 0.1) is 5.82 Å². The zero-order valence-corrected chi connectivity index (χ0v) is 16.7. The lowest BCUT2D eigenvalue weighted by molar-refractivity contribution is 0.0791. The largest absolute Gasteiger partial charge is 0.342 e. The van der Waals surface area contributed by atoms with E-state index in [9.17, 15) is 9.18 Å². The molecule has 1 aromatic heterocycles. The molecule has 4 rings (SSSR count). The standard InChI is InChI=1S/C21H24FN7O/c1-28(21(30)18-6-2-3-7-20(18)29-14-23-26-27-29)12-4-5-17-13-19(25-24-17)15-8-10-16(22)11-9-15/h2-3,6-11,14,17,19,24-25H,4-5,12-13H2,1H3. The maximum absolute atomic E-state index is 13.1. The number of hydrazine groups is 1. The van der Waals surface area contributed by atoms with Gasteiger partial charge in [0.15, 0.2) is 0 Å². The number of rotatable bonds is 7. The average Bonchev–Trinajstić information content (AvgIpc) is 3.46. The van der Waals surface area contributed by atoms with Crippen molar-refractivity contribution in [3.8, 4) is 5.69 Å². The zero-order valence-electron chi connectivity index (χ0n) is 16.7. The number of nitrogens with one attached hydrogen (secondary N) is 2. The summed E-state index contributed by atoms with van der Waals surface area (Å²) in [5.74, 6) is -0.293. The van der Waals surface area contributed by atoms with E-state index in [0.29, 0.717) is 23.8 Å². The van der Waals surface area contributed by atoms with Crippen molar-refractivity contribution in [3.63, 3.8) is 0 Å². The molecule has 30 heavy (non-hydrogen) atoms. The molecular weight excluding hydrogens is 385 g/mol. The minimum atomic E-state index is -0.226. The fourth-order valence-electron chi connectivity index (χ4n) is 3.73.